The number of fused-ring (bicyclic) bond motifs is 1. The molecule has 1 aromatic carbocycles. The number of amides is 2. The van der Waals surface area contributed by atoms with Crippen LogP contribution in [0.1, 0.15) is 27.1 Å². The number of thioether (sulfide) groups is 1. The van der Waals surface area contributed by atoms with Gasteiger partial charge in [-0.3, -0.25) is 14.5 Å². The maximum Gasteiger partial charge on any atom is 0.397 e. The highest BCUT2D eigenvalue weighted by molar-refractivity contribution is 7.99. The molecule has 1 aromatic rings. The van der Waals surface area contributed by atoms with Crippen LogP contribution in [-0.2, 0) is 0 Å². The van der Waals surface area contributed by atoms with E-state index in [9.17, 15) is 22.8 Å². The molecule has 0 aliphatic carbocycles. The number of rotatable bonds is 5. The Bertz CT molecular complexity index is 496. The molecule has 20 heavy (non-hydrogen) atoms. The third kappa shape index (κ3) is 3.33. The Morgan fingerprint density at radius 3 is 2.10 bits per heavy atom. The van der Waals surface area contributed by atoms with E-state index in [1.54, 1.807) is 24.3 Å². The third-order valence-corrected chi connectivity index (χ3v) is 3.92. The van der Waals surface area contributed by atoms with Gasteiger partial charge in [0.2, 0.25) is 0 Å². The summed E-state index contributed by atoms with van der Waals surface area (Å²) in [7, 11) is 0. The summed E-state index contributed by atoms with van der Waals surface area (Å²) in [6.45, 7) is 0.150. The fourth-order valence-corrected chi connectivity index (χ4v) is 2.66. The van der Waals surface area contributed by atoms with Crippen molar-refractivity contribution in [1.29, 1.82) is 0 Å². The summed E-state index contributed by atoms with van der Waals surface area (Å²) < 4.78 is 35.8. The molecule has 2 amide bonds. The van der Waals surface area contributed by atoms with E-state index >= 15 is 0 Å². The lowest BCUT2D eigenvalue weighted by Crippen LogP contribution is -2.31. The molecule has 7 heteroatoms. The highest BCUT2D eigenvalue weighted by Gasteiger charge is 2.34. The van der Waals surface area contributed by atoms with Crippen LogP contribution in [0.2, 0.25) is 0 Å². The Labute approximate surface area is 118 Å². The largest absolute Gasteiger partial charge is 0.397 e. The highest BCUT2D eigenvalue weighted by Crippen LogP contribution is 2.24. The van der Waals surface area contributed by atoms with Crippen molar-refractivity contribution in [3.63, 3.8) is 0 Å². The molecule has 0 spiro atoms. The van der Waals surface area contributed by atoms with Crippen molar-refractivity contribution in [3.05, 3.63) is 35.4 Å². The van der Waals surface area contributed by atoms with Gasteiger partial charge in [0, 0.05) is 6.54 Å². The number of alkyl halides is 3. The topological polar surface area (TPSA) is 37.4 Å². The Hall–Kier alpha value is -1.50. The Morgan fingerprint density at radius 2 is 1.60 bits per heavy atom. The molecular formula is C13H12F3NO2S. The summed E-state index contributed by atoms with van der Waals surface area (Å²) in [4.78, 5) is 25.0. The lowest BCUT2D eigenvalue weighted by Gasteiger charge is -2.13. The molecule has 0 unspecified atom stereocenters. The fourth-order valence-electron chi connectivity index (χ4n) is 1.95. The van der Waals surface area contributed by atoms with Gasteiger partial charge in [0.05, 0.1) is 16.9 Å². The Balaban J connectivity index is 1.84. The molecule has 1 aliphatic rings. The second-order valence-electron chi connectivity index (χ2n) is 4.33. The monoisotopic (exact) mass is 303 g/mol. The predicted octanol–water partition coefficient (Wildman–Crippen LogP) is 2.97. The zero-order chi connectivity index (χ0) is 14.8. The quantitative estimate of drug-likeness (QED) is 0.620. The van der Waals surface area contributed by atoms with E-state index in [1.807, 2.05) is 0 Å². The third-order valence-electron chi connectivity index (χ3n) is 2.81. The second kappa shape index (κ2) is 5.87. The van der Waals surface area contributed by atoms with Gasteiger partial charge in [0.25, 0.3) is 11.8 Å². The molecule has 3 nitrogen and oxygen atoms in total. The van der Waals surface area contributed by atoms with Crippen LogP contribution in [0.3, 0.4) is 0 Å². The van der Waals surface area contributed by atoms with Crippen LogP contribution in [0.25, 0.3) is 0 Å². The van der Waals surface area contributed by atoms with Gasteiger partial charge < -0.3 is 0 Å². The summed E-state index contributed by atoms with van der Waals surface area (Å²) in [5, 5.41) is 0. The molecule has 0 saturated heterocycles. The van der Waals surface area contributed by atoms with Crippen LogP contribution >= 0.6 is 11.8 Å². The first-order chi connectivity index (χ1) is 9.40. The molecule has 0 radical (unpaired) electrons. The minimum atomic E-state index is -4.18. The van der Waals surface area contributed by atoms with Crippen LogP contribution in [0.5, 0.6) is 0 Å². The summed E-state index contributed by atoms with van der Waals surface area (Å²) in [5.41, 5.74) is 0.723. The number of carbonyl (C=O) groups excluding carboxylic acids is 2. The number of imide groups is 1. The maximum absolute atomic E-state index is 11.9. The average molecular weight is 303 g/mol. The normalized spacial score (nSPS) is 14.8. The maximum atomic E-state index is 11.9. The van der Waals surface area contributed by atoms with Gasteiger partial charge in [-0.25, -0.2) is 0 Å². The van der Waals surface area contributed by atoms with Gasteiger partial charge in [-0.05, 0) is 24.3 Å². The van der Waals surface area contributed by atoms with E-state index in [2.05, 4.69) is 0 Å². The van der Waals surface area contributed by atoms with Crippen molar-refractivity contribution in [1.82, 2.24) is 4.90 Å². The van der Waals surface area contributed by atoms with E-state index in [-0.39, 0.29) is 24.1 Å². The first-order valence-corrected chi connectivity index (χ1v) is 7.15. The van der Waals surface area contributed by atoms with Crippen molar-refractivity contribution in [2.75, 3.05) is 18.1 Å². The number of nitrogens with zero attached hydrogens (tertiary/aromatic N) is 1. The van der Waals surface area contributed by atoms with Crippen LogP contribution in [0.15, 0.2) is 24.3 Å². The summed E-state index contributed by atoms with van der Waals surface area (Å²) in [5.74, 6) is -1.39. The zero-order valence-corrected chi connectivity index (χ0v) is 11.3. The molecule has 1 heterocycles. The molecule has 0 saturated carbocycles. The summed E-state index contributed by atoms with van der Waals surface area (Å²) >= 11 is 0.756. The molecule has 0 atom stereocenters. The predicted molar refractivity (Wildman–Crippen MR) is 69.8 cm³/mol. The van der Waals surface area contributed by atoms with Crippen LogP contribution in [0, 0.1) is 0 Å². The van der Waals surface area contributed by atoms with Crippen LogP contribution in [0.4, 0.5) is 13.2 Å². The fraction of sp³-hybridized carbons (Fsp3) is 0.385. The minimum absolute atomic E-state index is 0.150. The van der Waals surface area contributed by atoms with Gasteiger partial charge >= 0.3 is 6.18 Å². The second-order valence-corrected chi connectivity index (χ2v) is 5.43. The van der Waals surface area contributed by atoms with E-state index < -0.39 is 11.9 Å². The number of carbonyl (C=O) groups is 2. The molecule has 0 bridgehead atoms. The number of halogens is 3. The minimum Gasteiger partial charge on any atom is -0.274 e. The number of hydrogen-bond acceptors (Lipinski definition) is 3. The zero-order valence-electron chi connectivity index (χ0n) is 10.4. The first kappa shape index (κ1) is 14.9. The van der Waals surface area contributed by atoms with Gasteiger partial charge in [0.15, 0.2) is 0 Å². The van der Waals surface area contributed by atoms with E-state index in [0.717, 1.165) is 16.7 Å². The van der Waals surface area contributed by atoms with Gasteiger partial charge in [-0.2, -0.15) is 24.9 Å². The molecule has 108 valence electrons. The van der Waals surface area contributed by atoms with E-state index in [1.165, 1.54) is 0 Å². The Morgan fingerprint density at radius 1 is 1.05 bits per heavy atom. The smallest absolute Gasteiger partial charge is 0.274 e. The van der Waals surface area contributed by atoms with Gasteiger partial charge in [0.1, 0.15) is 0 Å². The van der Waals surface area contributed by atoms with Crippen LogP contribution in [-0.4, -0.2) is 40.9 Å². The molecular weight excluding hydrogens is 291 g/mol. The van der Waals surface area contributed by atoms with Crippen molar-refractivity contribution in [2.24, 2.45) is 0 Å². The first-order valence-electron chi connectivity index (χ1n) is 6.00. The molecule has 0 N–H and O–H groups in total. The van der Waals surface area contributed by atoms with E-state index in [4.69, 9.17) is 0 Å². The van der Waals surface area contributed by atoms with Gasteiger partial charge in [-0.15, -0.1) is 0 Å². The number of hydrogen-bond donors (Lipinski definition) is 0. The van der Waals surface area contributed by atoms with Crippen molar-refractivity contribution in [2.45, 2.75) is 12.6 Å². The average Bonchev–Trinajstić information content (AvgIpc) is 2.62. The van der Waals surface area contributed by atoms with Crippen LogP contribution < -0.4 is 0 Å². The summed E-state index contributed by atoms with van der Waals surface area (Å²) in [6, 6.07) is 6.50. The Kier molecular flexibility index (Phi) is 4.37. The van der Waals surface area contributed by atoms with Crippen molar-refractivity contribution >= 4 is 23.6 Å². The van der Waals surface area contributed by atoms with Gasteiger partial charge in [-0.1, -0.05) is 12.1 Å². The SMILES string of the molecule is O=C1c2ccccc2C(=O)N1CCCSCC(F)(F)F. The van der Waals surface area contributed by atoms with Crippen molar-refractivity contribution < 1.29 is 22.8 Å². The highest BCUT2D eigenvalue weighted by atomic mass is 32.2. The molecule has 1 aliphatic heterocycles. The van der Waals surface area contributed by atoms with E-state index in [0.29, 0.717) is 17.5 Å². The molecule has 0 aromatic heterocycles. The number of benzene rings is 1. The standard InChI is InChI=1S/C13H12F3NO2S/c14-13(15,16)8-20-7-3-6-17-11(18)9-4-1-2-5-10(9)12(17)19/h1-2,4-5H,3,6-8H2. The molecule has 2 rings (SSSR count). The lowest BCUT2D eigenvalue weighted by molar-refractivity contribution is -0.105. The summed E-state index contributed by atoms with van der Waals surface area (Å²) in [6.07, 6.45) is -3.83. The lowest BCUT2D eigenvalue weighted by atomic mass is 10.1. The van der Waals surface area contributed by atoms with Crippen molar-refractivity contribution in [3.8, 4) is 0 Å². The molecule has 0 fully saturated rings.